The molecule has 2 aromatic rings. The van der Waals surface area contributed by atoms with Gasteiger partial charge in [0.2, 0.25) is 0 Å². The second-order valence-corrected chi connectivity index (χ2v) is 5.83. The Morgan fingerprint density at radius 3 is 2.54 bits per heavy atom. The Hall–Kier alpha value is -1.51. The summed E-state index contributed by atoms with van der Waals surface area (Å²) < 4.78 is 5.34. The SMILES string of the molecule is CCNC(=NCc1ccccc1OC)NCC(O)c1ccccc1Cl.I. The number of methoxy groups -OCH3 is 1. The molecule has 2 rings (SSSR count). The number of hydrogen-bond donors (Lipinski definition) is 3. The van der Waals surface area contributed by atoms with Gasteiger partial charge in [0.25, 0.3) is 0 Å². The van der Waals surface area contributed by atoms with Crippen LogP contribution in [0.15, 0.2) is 53.5 Å². The highest BCUT2D eigenvalue weighted by Gasteiger charge is 2.11. The summed E-state index contributed by atoms with van der Waals surface area (Å²) in [6.45, 7) is 3.49. The topological polar surface area (TPSA) is 65.9 Å². The summed E-state index contributed by atoms with van der Waals surface area (Å²) >= 11 is 6.12. The molecule has 0 spiro atoms. The van der Waals surface area contributed by atoms with Gasteiger partial charge in [0.05, 0.1) is 19.8 Å². The summed E-state index contributed by atoms with van der Waals surface area (Å²) in [5.74, 6) is 1.43. The molecule has 142 valence electrons. The van der Waals surface area contributed by atoms with Crippen LogP contribution in [0, 0.1) is 0 Å². The molecule has 0 aliphatic heterocycles. The van der Waals surface area contributed by atoms with E-state index in [0.29, 0.717) is 29.6 Å². The average molecular weight is 490 g/mol. The predicted octanol–water partition coefficient (Wildman–Crippen LogP) is 3.76. The van der Waals surface area contributed by atoms with Crippen molar-refractivity contribution in [3.63, 3.8) is 0 Å². The molecule has 2 aromatic carbocycles. The Morgan fingerprint density at radius 1 is 1.15 bits per heavy atom. The number of benzene rings is 2. The number of guanidine groups is 1. The van der Waals surface area contributed by atoms with E-state index in [1.165, 1.54) is 0 Å². The molecule has 0 saturated heterocycles. The first-order valence-electron chi connectivity index (χ1n) is 8.22. The average Bonchev–Trinajstić information content (AvgIpc) is 2.64. The maximum Gasteiger partial charge on any atom is 0.191 e. The third-order valence-electron chi connectivity index (χ3n) is 3.67. The Balaban J connectivity index is 0.00000338. The molecule has 0 amide bonds. The minimum Gasteiger partial charge on any atom is -0.496 e. The van der Waals surface area contributed by atoms with Crippen LogP contribution in [-0.4, -0.2) is 31.3 Å². The summed E-state index contributed by atoms with van der Waals surface area (Å²) in [4.78, 5) is 4.55. The number of aliphatic hydroxyl groups excluding tert-OH is 1. The van der Waals surface area contributed by atoms with Crippen LogP contribution in [0.4, 0.5) is 0 Å². The number of halogens is 2. The fraction of sp³-hybridized carbons (Fsp3) is 0.316. The fourth-order valence-corrected chi connectivity index (χ4v) is 2.65. The van der Waals surface area contributed by atoms with Gasteiger partial charge >= 0.3 is 0 Å². The second-order valence-electron chi connectivity index (χ2n) is 5.43. The first kappa shape index (κ1) is 22.5. The van der Waals surface area contributed by atoms with Crippen molar-refractivity contribution >= 4 is 41.5 Å². The van der Waals surface area contributed by atoms with Gasteiger partial charge in [-0.25, -0.2) is 4.99 Å². The maximum atomic E-state index is 10.3. The van der Waals surface area contributed by atoms with Crippen LogP contribution in [-0.2, 0) is 6.54 Å². The maximum absolute atomic E-state index is 10.3. The van der Waals surface area contributed by atoms with E-state index < -0.39 is 6.10 Å². The molecule has 1 atom stereocenters. The highest BCUT2D eigenvalue weighted by atomic mass is 127. The summed E-state index contributed by atoms with van der Waals surface area (Å²) in [5, 5.41) is 17.2. The molecule has 0 heterocycles. The van der Waals surface area contributed by atoms with Gasteiger partial charge in [-0.3, -0.25) is 0 Å². The minimum absolute atomic E-state index is 0. The van der Waals surface area contributed by atoms with Crippen LogP contribution in [0.2, 0.25) is 5.02 Å². The van der Waals surface area contributed by atoms with Crippen LogP contribution < -0.4 is 15.4 Å². The van der Waals surface area contributed by atoms with Gasteiger partial charge in [-0.1, -0.05) is 48.0 Å². The first-order valence-corrected chi connectivity index (χ1v) is 8.60. The minimum atomic E-state index is -0.719. The van der Waals surface area contributed by atoms with Crippen molar-refractivity contribution in [2.75, 3.05) is 20.2 Å². The molecule has 26 heavy (non-hydrogen) atoms. The van der Waals surface area contributed by atoms with Gasteiger partial charge in [0.15, 0.2) is 5.96 Å². The van der Waals surface area contributed by atoms with Crippen LogP contribution in [0.5, 0.6) is 5.75 Å². The van der Waals surface area contributed by atoms with E-state index in [4.69, 9.17) is 16.3 Å². The molecule has 5 nitrogen and oxygen atoms in total. The molecule has 0 fully saturated rings. The monoisotopic (exact) mass is 489 g/mol. The van der Waals surface area contributed by atoms with E-state index >= 15 is 0 Å². The van der Waals surface area contributed by atoms with Gasteiger partial charge in [0, 0.05) is 29.2 Å². The zero-order chi connectivity index (χ0) is 18.1. The number of para-hydroxylation sites is 1. The van der Waals surface area contributed by atoms with Gasteiger partial charge in [-0.05, 0) is 19.1 Å². The molecule has 0 bridgehead atoms. The summed E-state index contributed by atoms with van der Waals surface area (Å²) in [5.41, 5.74) is 1.69. The number of nitrogens with zero attached hydrogens (tertiary/aromatic N) is 1. The number of hydrogen-bond acceptors (Lipinski definition) is 3. The zero-order valence-corrected chi connectivity index (χ0v) is 18.0. The molecule has 3 N–H and O–H groups in total. The highest BCUT2D eigenvalue weighted by molar-refractivity contribution is 14.0. The Kier molecular flexibility index (Phi) is 10.4. The van der Waals surface area contributed by atoms with Gasteiger partial charge in [-0.15, -0.1) is 24.0 Å². The van der Waals surface area contributed by atoms with Crippen molar-refractivity contribution in [3.05, 3.63) is 64.7 Å². The Bertz CT molecular complexity index is 713. The second kappa shape index (κ2) is 12.0. The predicted molar refractivity (Wildman–Crippen MR) is 118 cm³/mol. The first-order chi connectivity index (χ1) is 12.2. The molecule has 1 unspecified atom stereocenters. The highest BCUT2D eigenvalue weighted by Crippen LogP contribution is 2.22. The van der Waals surface area contributed by atoms with Crippen LogP contribution in [0.3, 0.4) is 0 Å². The van der Waals surface area contributed by atoms with Crippen molar-refractivity contribution in [2.45, 2.75) is 19.6 Å². The molecule has 0 radical (unpaired) electrons. The quantitative estimate of drug-likeness (QED) is 0.315. The van der Waals surface area contributed by atoms with Crippen LogP contribution in [0.25, 0.3) is 0 Å². The summed E-state index contributed by atoms with van der Waals surface area (Å²) in [7, 11) is 1.64. The van der Waals surface area contributed by atoms with Gasteiger partial charge < -0.3 is 20.5 Å². The number of aliphatic hydroxyl groups is 1. The fourth-order valence-electron chi connectivity index (χ4n) is 2.39. The third-order valence-corrected chi connectivity index (χ3v) is 4.02. The van der Waals surface area contributed by atoms with E-state index in [9.17, 15) is 5.11 Å². The van der Waals surface area contributed by atoms with E-state index in [-0.39, 0.29) is 24.0 Å². The lowest BCUT2D eigenvalue weighted by Crippen LogP contribution is -2.39. The van der Waals surface area contributed by atoms with Crippen LogP contribution in [0.1, 0.15) is 24.2 Å². The lowest BCUT2D eigenvalue weighted by atomic mass is 10.1. The Morgan fingerprint density at radius 2 is 1.85 bits per heavy atom. The summed E-state index contributed by atoms with van der Waals surface area (Å²) in [6.07, 6.45) is -0.719. The molecule has 0 saturated carbocycles. The lowest BCUT2D eigenvalue weighted by molar-refractivity contribution is 0.181. The zero-order valence-electron chi connectivity index (χ0n) is 14.9. The van der Waals surface area contributed by atoms with Crippen molar-refractivity contribution in [1.29, 1.82) is 0 Å². The van der Waals surface area contributed by atoms with E-state index in [1.54, 1.807) is 13.2 Å². The normalized spacial score (nSPS) is 12.1. The molecule has 0 aliphatic carbocycles. The molecule has 0 aliphatic rings. The summed E-state index contributed by atoms with van der Waals surface area (Å²) in [6, 6.07) is 15.0. The largest absolute Gasteiger partial charge is 0.496 e. The standard InChI is InChI=1S/C19H24ClN3O2.HI/c1-3-21-19(22-12-14-8-4-7-11-18(14)25-2)23-13-17(24)15-9-5-6-10-16(15)20;/h4-11,17,24H,3,12-13H2,1-2H3,(H2,21,22,23);1H. The smallest absolute Gasteiger partial charge is 0.191 e. The molecule has 7 heteroatoms. The number of rotatable bonds is 7. The Labute approximate surface area is 176 Å². The van der Waals surface area contributed by atoms with E-state index in [2.05, 4.69) is 15.6 Å². The number of nitrogens with one attached hydrogen (secondary N) is 2. The number of aliphatic imine (C=N–C) groups is 1. The molecular formula is C19H25ClIN3O2. The molecular weight excluding hydrogens is 465 g/mol. The van der Waals surface area contributed by atoms with Crippen molar-refractivity contribution in [3.8, 4) is 5.75 Å². The molecule has 0 aromatic heterocycles. The lowest BCUT2D eigenvalue weighted by Gasteiger charge is -2.16. The van der Waals surface area contributed by atoms with Crippen molar-refractivity contribution in [2.24, 2.45) is 4.99 Å². The van der Waals surface area contributed by atoms with E-state index in [1.807, 2.05) is 49.4 Å². The van der Waals surface area contributed by atoms with Gasteiger partial charge in [-0.2, -0.15) is 0 Å². The number of ether oxygens (including phenoxy) is 1. The van der Waals surface area contributed by atoms with Gasteiger partial charge in [0.1, 0.15) is 5.75 Å². The van der Waals surface area contributed by atoms with Crippen molar-refractivity contribution < 1.29 is 9.84 Å². The van der Waals surface area contributed by atoms with E-state index in [0.717, 1.165) is 17.9 Å². The van der Waals surface area contributed by atoms with Crippen molar-refractivity contribution in [1.82, 2.24) is 10.6 Å². The van der Waals surface area contributed by atoms with Crippen LogP contribution >= 0.6 is 35.6 Å². The third kappa shape index (κ3) is 6.66.